The van der Waals surface area contributed by atoms with Crippen LogP contribution >= 0.6 is 0 Å². The molecule has 3 N–H and O–H groups in total. The van der Waals surface area contributed by atoms with E-state index < -0.39 is 48.7 Å². The maximum atomic E-state index is 12.6. The molecule has 306 valence electrons. The summed E-state index contributed by atoms with van der Waals surface area (Å²) in [5.74, 6) is 3.81. The lowest BCUT2D eigenvalue weighted by Gasteiger charge is -2.64. The number of carbonyl (C=O) groups is 1. The van der Waals surface area contributed by atoms with Gasteiger partial charge in [-0.1, -0.05) is 40.2 Å². The minimum absolute atomic E-state index is 0.0779. The molecule has 0 aromatic carbocycles. The van der Waals surface area contributed by atoms with Crippen LogP contribution in [0.15, 0.2) is 11.6 Å². The number of aliphatic hydroxyl groups excluding tert-OH is 2. The van der Waals surface area contributed by atoms with Crippen LogP contribution in [0, 0.1) is 52.3 Å². The van der Waals surface area contributed by atoms with Crippen LogP contribution in [0.2, 0.25) is 0 Å². The molecule has 5 saturated carbocycles. The average Bonchev–Trinajstić information content (AvgIpc) is 3.66. The quantitative estimate of drug-likeness (QED) is 0.230. The third-order valence-electron chi connectivity index (χ3n) is 17.6. The first-order valence-corrected chi connectivity index (χ1v) is 22.2. The zero-order chi connectivity index (χ0) is 38.3. The molecule has 2 aliphatic heterocycles. The molecule has 9 nitrogen and oxygen atoms in total. The van der Waals surface area contributed by atoms with Gasteiger partial charge < -0.3 is 39.0 Å². The Morgan fingerprint density at radius 1 is 0.685 bits per heavy atom. The number of hydrogen-bond acceptors (Lipinski definition) is 9. The van der Waals surface area contributed by atoms with Gasteiger partial charge in [0.15, 0.2) is 18.4 Å². The molecule has 54 heavy (non-hydrogen) atoms. The third kappa shape index (κ3) is 6.92. The van der Waals surface area contributed by atoms with Crippen molar-refractivity contribution in [3.8, 4) is 0 Å². The average molecular weight is 757 g/mol. The zero-order valence-electron chi connectivity index (χ0n) is 34.3. The minimum Gasteiger partial charge on any atom is -0.390 e. The van der Waals surface area contributed by atoms with Crippen LogP contribution in [0.25, 0.3) is 0 Å². The van der Waals surface area contributed by atoms with Gasteiger partial charge in [-0.2, -0.15) is 0 Å². The highest BCUT2D eigenvalue weighted by atomic mass is 16.7. The molecular weight excluding hydrogens is 684 g/mol. The van der Waals surface area contributed by atoms with E-state index in [9.17, 15) is 20.1 Å². The molecule has 2 saturated heterocycles. The number of fused-ring (bicyclic) bond motifs is 5. The van der Waals surface area contributed by atoms with E-state index in [4.69, 9.17) is 23.7 Å². The molecular formula is C45H72O9. The van der Waals surface area contributed by atoms with Crippen molar-refractivity contribution in [2.45, 2.75) is 212 Å². The van der Waals surface area contributed by atoms with E-state index in [-0.39, 0.29) is 34.9 Å². The van der Waals surface area contributed by atoms with E-state index in [1.165, 1.54) is 5.57 Å². The van der Waals surface area contributed by atoms with Gasteiger partial charge in [0, 0.05) is 24.7 Å². The fraction of sp³-hybridized carbons (Fsp3) is 0.933. The van der Waals surface area contributed by atoms with Gasteiger partial charge in [0.25, 0.3) is 0 Å². The first-order chi connectivity index (χ1) is 25.6. The Morgan fingerprint density at radius 2 is 1.33 bits per heavy atom. The van der Waals surface area contributed by atoms with Crippen LogP contribution in [-0.4, -0.2) is 88.1 Å². The second kappa shape index (κ2) is 15.0. The van der Waals surface area contributed by atoms with Gasteiger partial charge in [0.1, 0.15) is 12.2 Å². The molecule has 0 bridgehead atoms. The fourth-order valence-electron chi connectivity index (χ4n) is 14.0. The van der Waals surface area contributed by atoms with Crippen LogP contribution in [0.5, 0.6) is 0 Å². The van der Waals surface area contributed by atoms with Crippen molar-refractivity contribution in [3.05, 3.63) is 11.6 Å². The normalized spacial score (nSPS) is 55.1. The van der Waals surface area contributed by atoms with Crippen molar-refractivity contribution in [1.82, 2.24) is 0 Å². The molecule has 8 rings (SSSR count). The largest absolute Gasteiger partial charge is 0.390 e. The third-order valence-corrected chi connectivity index (χ3v) is 17.6. The summed E-state index contributed by atoms with van der Waals surface area (Å²) in [5, 5.41) is 35.1. The zero-order valence-corrected chi connectivity index (χ0v) is 34.3. The van der Waals surface area contributed by atoms with Crippen LogP contribution < -0.4 is 0 Å². The lowest BCUT2D eigenvalue weighted by molar-refractivity contribution is -0.323. The topological polar surface area (TPSA) is 124 Å². The van der Waals surface area contributed by atoms with E-state index >= 15 is 0 Å². The van der Waals surface area contributed by atoms with Gasteiger partial charge in [-0.05, 0) is 144 Å². The molecule has 0 aromatic heterocycles. The number of allylic oxidation sites excluding steroid dienone is 2. The van der Waals surface area contributed by atoms with Crippen molar-refractivity contribution < 1.29 is 43.8 Å². The lowest BCUT2D eigenvalue weighted by atomic mass is 9.43. The first kappa shape index (κ1) is 39.9. The number of ether oxygens (including phenoxy) is 5. The summed E-state index contributed by atoms with van der Waals surface area (Å²) in [5.41, 5.74) is 0.682. The minimum atomic E-state index is -0.772. The summed E-state index contributed by atoms with van der Waals surface area (Å²) in [7, 11) is 0. The van der Waals surface area contributed by atoms with Crippen LogP contribution in [0.1, 0.15) is 145 Å². The van der Waals surface area contributed by atoms with Gasteiger partial charge >= 0.3 is 0 Å². The summed E-state index contributed by atoms with van der Waals surface area (Å²) in [6.07, 6.45) is 11.2. The highest BCUT2D eigenvalue weighted by molar-refractivity contribution is 5.93. The van der Waals surface area contributed by atoms with Crippen molar-refractivity contribution in [3.63, 3.8) is 0 Å². The standard InChI is InChI=1S/C45H72O9/c1-24-18-33(19-25(2)26(24)3)53-41-27(4)51-40(23-37(41)47)54-42-28(5)50-39(22-38(42)48)52-32-12-15-43(6)30(21-32)9-11-36-35(43)13-16-44(7)34(14-17-45(36,44)49)29-8-10-31(46)20-29/h20,24-28,30,32-42,47-49H,8-19,21-23H2,1-7H3/t24-,25-,26?,27+,28+,30+,32-,33?,34+,35?,36?,37-,38-,39-,40-,41+,42+,43-,44+,45-/m0/s1. The smallest absolute Gasteiger partial charge is 0.161 e. The number of rotatable bonds is 7. The fourth-order valence-corrected chi connectivity index (χ4v) is 14.0. The van der Waals surface area contributed by atoms with E-state index in [2.05, 4.69) is 34.6 Å². The summed E-state index contributed by atoms with van der Waals surface area (Å²) in [6.45, 7) is 15.6. The van der Waals surface area contributed by atoms with Crippen molar-refractivity contribution in [2.24, 2.45) is 52.3 Å². The summed E-state index contributed by atoms with van der Waals surface area (Å²) in [6, 6.07) is 0. The van der Waals surface area contributed by atoms with Gasteiger partial charge in [0.2, 0.25) is 0 Å². The molecule has 2 heterocycles. The van der Waals surface area contributed by atoms with Gasteiger partial charge in [-0.3, -0.25) is 4.79 Å². The molecule has 7 fully saturated rings. The Balaban J connectivity index is 0.826. The first-order valence-electron chi connectivity index (χ1n) is 22.2. The van der Waals surface area contributed by atoms with Gasteiger partial charge in [0.05, 0.1) is 42.2 Å². The Bertz CT molecular complexity index is 1370. The maximum Gasteiger partial charge on any atom is 0.161 e. The highest BCUT2D eigenvalue weighted by Crippen LogP contribution is 2.70. The predicted molar refractivity (Wildman–Crippen MR) is 204 cm³/mol. The van der Waals surface area contributed by atoms with Crippen molar-refractivity contribution in [1.29, 1.82) is 0 Å². The molecule has 0 aromatic rings. The Hall–Kier alpha value is -0.910. The van der Waals surface area contributed by atoms with Crippen molar-refractivity contribution in [2.75, 3.05) is 0 Å². The number of carbonyl (C=O) groups excluding carboxylic acids is 1. The molecule has 18 atom stereocenters. The predicted octanol–water partition coefficient (Wildman–Crippen LogP) is 7.27. The van der Waals surface area contributed by atoms with Gasteiger partial charge in [-0.15, -0.1) is 0 Å². The van der Waals surface area contributed by atoms with E-state index in [1.54, 1.807) is 0 Å². The molecule has 0 spiro atoms. The highest BCUT2D eigenvalue weighted by Gasteiger charge is 2.67. The number of hydrogen-bond donors (Lipinski definition) is 3. The number of ketones is 1. The molecule has 6 aliphatic carbocycles. The second-order valence-corrected chi connectivity index (χ2v) is 20.4. The second-order valence-electron chi connectivity index (χ2n) is 20.4. The molecule has 9 heteroatoms. The summed E-state index contributed by atoms with van der Waals surface area (Å²) >= 11 is 0. The Labute approximate surface area is 324 Å². The van der Waals surface area contributed by atoms with Crippen LogP contribution in [-0.2, 0) is 28.5 Å². The van der Waals surface area contributed by atoms with E-state index in [0.717, 1.165) is 77.0 Å². The maximum absolute atomic E-state index is 12.6. The van der Waals surface area contributed by atoms with E-state index in [0.29, 0.717) is 60.7 Å². The number of aliphatic hydroxyl groups is 3. The molecule has 2 unspecified atom stereocenters. The van der Waals surface area contributed by atoms with Crippen LogP contribution in [0.3, 0.4) is 0 Å². The Morgan fingerprint density at radius 3 is 1.96 bits per heavy atom. The summed E-state index contributed by atoms with van der Waals surface area (Å²) < 4.78 is 32.1. The lowest BCUT2D eigenvalue weighted by Crippen LogP contribution is -2.62. The molecule has 0 radical (unpaired) electrons. The Kier molecular flexibility index (Phi) is 11.1. The molecule has 8 aliphatic rings. The SMILES string of the molecule is CC1[C@@H](C)CC(O[C@H]2[C@@H](O)C[C@H](O[C@H]3[C@@H](O)C[C@H](O[C@H]4CC[C@]5(C)C6CC[C@]7(C)[C@@H](C8=CC(=O)CC8)CC[C@]7(O)C6CC[C@@H]5C4)O[C@@H]3C)O[C@@H]2C)C[C@@H]1C. The van der Waals surface area contributed by atoms with Crippen molar-refractivity contribution >= 4 is 5.78 Å². The monoisotopic (exact) mass is 757 g/mol. The molecule has 0 amide bonds. The van der Waals surface area contributed by atoms with E-state index in [1.807, 2.05) is 19.9 Å². The van der Waals surface area contributed by atoms with Crippen LogP contribution in [0.4, 0.5) is 0 Å². The van der Waals surface area contributed by atoms with Gasteiger partial charge in [-0.25, -0.2) is 0 Å². The summed E-state index contributed by atoms with van der Waals surface area (Å²) in [4.78, 5) is 12.2.